The number of rotatable bonds is 8. The molecule has 1 fully saturated rings. The van der Waals surface area contributed by atoms with E-state index in [2.05, 4.69) is 5.10 Å². The Morgan fingerprint density at radius 2 is 1.91 bits per heavy atom. The predicted octanol–water partition coefficient (Wildman–Crippen LogP) is 3.83. The zero-order valence-electron chi connectivity index (χ0n) is 18.4. The van der Waals surface area contributed by atoms with Crippen molar-refractivity contribution in [3.63, 3.8) is 0 Å². The number of hydrogen-bond donors (Lipinski definition) is 0. The number of methoxy groups -OCH3 is 1. The monoisotopic (exact) mass is 437 g/mol. The van der Waals surface area contributed by atoms with E-state index in [-0.39, 0.29) is 23.7 Å². The van der Waals surface area contributed by atoms with Crippen molar-refractivity contribution < 1.29 is 18.7 Å². The van der Waals surface area contributed by atoms with Crippen LogP contribution in [0.4, 0.5) is 4.39 Å². The third kappa shape index (κ3) is 5.34. The average Bonchev–Trinajstić information content (AvgIpc) is 3.46. The number of aryl methyl sites for hydroxylation is 1. The molecule has 0 radical (unpaired) electrons. The Bertz CT molecular complexity index is 1030. The third-order valence-corrected chi connectivity index (χ3v) is 5.89. The summed E-state index contributed by atoms with van der Waals surface area (Å²) in [5.74, 6) is 0.698. The summed E-state index contributed by atoms with van der Waals surface area (Å²) < 4.78 is 26.3. The van der Waals surface area contributed by atoms with E-state index in [1.54, 1.807) is 36.1 Å². The molecule has 0 aliphatic carbocycles. The Kier molecular flexibility index (Phi) is 6.85. The van der Waals surface area contributed by atoms with Crippen LogP contribution in [0.15, 0.2) is 60.8 Å². The molecule has 7 heteroatoms. The van der Waals surface area contributed by atoms with E-state index in [0.29, 0.717) is 37.4 Å². The van der Waals surface area contributed by atoms with Gasteiger partial charge < -0.3 is 14.4 Å². The molecule has 2 atom stereocenters. The molecule has 2 heterocycles. The Hall–Kier alpha value is -3.19. The van der Waals surface area contributed by atoms with Gasteiger partial charge >= 0.3 is 0 Å². The van der Waals surface area contributed by atoms with Crippen LogP contribution in [-0.4, -0.2) is 53.5 Å². The van der Waals surface area contributed by atoms with Crippen molar-refractivity contribution in [1.82, 2.24) is 14.7 Å². The molecule has 4 rings (SSSR count). The number of benzene rings is 2. The number of carbonyl (C=O) groups is 1. The number of halogens is 1. The molecule has 32 heavy (non-hydrogen) atoms. The van der Waals surface area contributed by atoms with Crippen LogP contribution in [-0.2, 0) is 18.2 Å². The number of nitrogens with zero attached hydrogens (tertiary/aromatic N) is 3. The predicted molar refractivity (Wildman–Crippen MR) is 119 cm³/mol. The fraction of sp³-hybridized carbons (Fsp3) is 0.360. The van der Waals surface area contributed by atoms with Gasteiger partial charge in [0.1, 0.15) is 18.2 Å². The quantitative estimate of drug-likeness (QED) is 0.538. The Morgan fingerprint density at radius 1 is 1.16 bits per heavy atom. The number of likely N-dealkylation sites (tertiary alicyclic amines) is 1. The van der Waals surface area contributed by atoms with Crippen molar-refractivity contribution in [1.29, 1.82) is 0 Å². The molecule has 0 saturated carbocycles. The van der Waals surface area contributed by atoms with Crippen LogP contribution >= 0.6 is 0 Å². The Morgan fingerprint density at radius 3 is 2.56 bits per heavy atom. The van der Waals surface area contributed by atoms with Crippen molar-refractivity contribution in [2.24, 2.45) is 7.05 Å². The van der Waals surface area contributed by atoms with Crippen molar-refractivity contribution in [2.45, 2.75) is 24.9 Å². The first-order valence-corrected chi connectivity index (χ1v) is 10.8. The summed E-state index contributed by atoms with van der Waals surface area (Å²) in [7, 11) is 3.55. The summed E-state index contributed by atoms with van der Waals surface area (Å²) in [5.41, 5.74) is 2.66. The minimum Gasteiger partial charge on any atom is -0.491 e. The molecule has 168 valence electrons. The van der Waals surface area contributed by atoms with Crippen molar-refractivity contribution in [3.8, 4) is 5.75 Å². The molecule has 1 unspecified atom stereocenters. The maximum atomic E-state index is 13.2. The summed E-state index contributed by atoms with van der Waals surface area (Å²) in [4.78, 5) is 14.8. The molecule has 2 aromatic carbocycles. The highest BCUT2D eigenvalue weighted by molar-refractivity contribution is 5.94. The lowest BCUT2D eigenvalue weighted by molar-refractivity contribution is 0.0577. The van der Waals surface area contributed by atoms with Gasteiger partial charge in [-0.3, -0.25) is 9.48 Å². The van der Waals surface area contributed by atoms with Crippen LogP contribution in [0.2, 0.25) is 0 Å². The first kappa shape index (κ1) is 22.0. The third-order valence-electron chi connectivity index (χ3n) is 5.89. The lowest BCUT2D eigenvalue weighted by Gasteiger charge is -2.18. The fourth-order valence-corrected chi connectivity index (χ4v) is 4.03. The van der Waals surface area contributed by atoms with Gasteiger partial charge in [0.25, 0.3) is 5.91 Å². The average molecular weight is 438 g/mol. The molecule has 0 bridgehead atoms. The molecule has 1 amide bonds. The summed E-state index contributed by atoms with van der Waals surface area (Å²) in [5, 5.41) is 4.37. The van der Waals surface area contributed by atoms with E-state index in [4.69, 9.17) is 9.47 Å². The van der Waals surface area contributed by atoms with Crippen LogP contribution in [0.25, 0.3) is 0 Å². The van der Waals surface area contributed by atoms with Crippen LogP contribution in [0.5, 0.6) is 5.75 Å². The molecule has 1 aromatic heterocycles. The summed E-state index contributed by atoms with van der Waals surface area (Å²) in [6.07, 6.45) is 3.34. The van der Waals surface area contributed by atoms with Crippen LogP contribution < -0.4 is 4.74 Å². The van der Waals surface area contributed by atoms with Gasteiger partial charge in [-0.05, 0) is 54.4 Å². The van der Waals surface area contributed by atoms with E-state index < -0.39 is 0 Å². The van der Waals surface area contributed by atoms with Gasteiger partial charge in [-0.15, -0.1) is 0 Å². The molecule has 0 spiro atoms. The largest absolute Gasteiger partial charge is 0.491 e. The van der Waals surface area contributed by atoms with Gasteiger partial charge in [-0.2, -0.15) is 5.10 Å². The van der Waals surface area contributed by atoms with E-state index in [1.165, 1.54) is 12.1 Å². The molecule has 0 N–H and O–H groups in total. The van der Waals surface area contributed by atoms with E-state index in [0.717, 1.165) is 17.7 Å². The second-order valence-corrected chi connectivity index (χ2v) is 8.17. The standard InChI is InChI=1S/C25H28FN3O3/c1-28-13-12-22(27-28)15-24(31-2)17-32-23-9-5-19(6-10-23)25(30)29-14-11-20(16-29)18-3-7-21(26)8-4-18/h3-10,12-13,20,24H,11,14-17H2,1-2H3/t20-,24?/m0/s1. The van der Waals surface area contributed by atoms with Crippen LogP contribution in [0, 0.1) is 5.82 Å². The van der Waals surface area contributed by atoms with Crippen molar-refractivity contribution in [2.75, 3.05) is 26.8 Å². The number of ether oxygens (including phenoxy) is 2. The van der Waals surface area contributed by atoms with Gasteiger partial charge in [-0.25, -0.2) is 4.39 Å². The summed E-state index contributed by atoms with van der Waals surface area (Å²) >= 11 is 0. The molecular weight excluding hydrogens is 409 g/mol. The van der Waals surface area contributed by atoms with E-state index >= 15 is 0 Å². The maximum Gasteiger partial charge on any atom is 0.253 e. The number of aromatic nitrogens is 2. The zero-order chi connectivity index (χ0) is 22.5. The van der Waals surface area contributed by atoms with Crippen LogP contribution in [0.1, 0.15) is 34.0 Å². The normalized spacial score (nSPS) is 16.8. The number of hydrogen-bond acceptors (Lipinski definition) is 4. The van der Waals surface area contributed by atoms with Gasteiger partial charge in [0.15, 0.2) is 0 Å². The maximum absolute atomic E-state index is 13.2. The first-order chi connectivity index (χ1) is 15.5. The lowest BCUT2D eigenvalue weighted by atomic mass is 9.99. The molecule has 3 aromatic rings. The minimum absolute atomic E-state index is 0.00563. The van der Waals surface area contributed by atoms with Gasteiger partial charge in [-0.1, -0.05) is 12.1 Å². The SMILES string of the molecule is COC(COc1ccc(C(=O)N2CC[C@H](c3ccc(F)cc3)C2)cc1)Cc1ccn(C)n1. The van der Waals surface area contributed by atoms with Gasteiger partial charge in [0.2, 0.25) is 0 Å². The molecule has 1 aliphatic heterocycles. The smallest absolute Gasteiger partial charge is 0.253 e. The van der Waals surface area contributed by atoms with Crippen LogP contribution in [0.3, 0.4) is 0 Å². The highest BCUT2D eigenvalue weighted by Crippen LogP contribution is 2.28. The first-order valence-electron chi connectivity index (χ1n) is 10.8. The summed E-state index contributed by atoms with van der Waals surface area (Å²) in [6, 6.07) is 15.7. The second-order valence-electron chi connectivity index (χ2n) is 8.17. The van der Waals surface area contributed by atoms with E-state index in [9.17, 15) is 9.18 Å². The van der Waals surface area contributed by atoms with Crippen molar-refractivity contribution >= 4 is 5.91 Å². The summed E-state index contributed by atoms with van der Waals surface area (Å²) in [6.45, 7) is 1.74. The highest BCUT2D eigenvalue weighted by atomic mass is 19.1. The van der Waals surface area contributed by atoms with Gasteiger partial charge in [0, 0.05) is 51.3 Å². The molecular formula is C25H28FN3O3. The highest BCUT2D eigenvalue weighted by Gasteiger charge is 2.28. The molecule has 1 aliphatic rings. The Labute approximate surface area is 187 Å². The second kappa shape index (κ2) is 9.96. The number of amides is 1. The fourth-order valence-electron chi connectivity index (χ4n) is 4.03. The number of carbonyl (C=O) groups excluding carboxylic acids is 1. The van der Waals surface area contributed by atoms with Crippen molar-refractivity contribution in [3.05, 3.63) is 83.4 Å². The topological polar surface area (TPSA) is 56.6 Å². The zero-order valence-corrected chi connectivity index (χ0v) is 18.4. The molecule has 6 nitrogen and oxygen atoms in total. The Balaban J connectivity index is 1.30. The molecule has 1 saturated heterocycles. The minimum atomic E-state index is -0.240. The lowest BCUT2D eigenvalue weighted by Crippen LogP contribution is -2.28. The van der Waals surface area contributed by atoms with E-state index in [1.807, 2.05) is 36.3 Å². The van der Waals surface area contributed by atoms with Gasteiger partial charge in [0.05, 0.1) is 11.8 Å².